The van der Waals surface area contributed by atoms with Gasteiger partial charge in [-0.1, -0.05) is 6.08 Å². The van der Waals surface area contributed by atoms with Gasteiger partial charge in [0.1, 0.15) is 5.39 Å². The number of nitrogens with one attached hydrogen (secondary N) is 1. The van der Waals surface area contributed by atoms with E-state index in [-0.39, 0.29) is 24.6 Å². The summed E-state index contributed by atoms with van der Waals surface area (Å²) in [5.74, 6) is 0.368. The van der Waals surface area contributed by atoms with Crippen LogP contribution in [0.4, 0.5) is 17.3 Å². The third-order valence-corrected chi connectivity index (χ3v) is 6.70. The lowest BCUT2D eigenvalue weighted by molar-refractivity contribution is -0.129. The fourth-order valence-corrected chi connectivity index (χ4v) is 4.82. The van der Waals surface area contributed by atoms with Gasteiger partial charge in [-0.3, -0.25) is 9.59 Å². The Labute approximate surface area is 205 Å². The number of aromatic nitrogens is 4. The number of carbonyl (C=O) groups excluding carboxylic acids is 1. The van der Waals surface area contributed by atoms with Gasteiger partial charge >= 0.3 is 0 Å². The van der Waals surface area contributed by atoms with Crippen molar-refractivity contribution in [1.29, 1.82) is 0 Å². The van der Waals surface area contributed by atoms with Gasteiger partial charge in [-0.2, -0.15) is 16.3 Å². The van der Waals surface area contributed by atoms with Gasteiger partial charge in [-0.15, -0.1) is 6.58 Å². The van der Waals surface area contributed by atoms with Crippen LogP contribution in [0.1, 0.15) is 5.56 Å². The highest BCUT2D eigenvalue weighted by Crippen LogP contribution is 2.27. The normalized spacial score (nSPS) is 14.1. The van der Waals surface area contributed by atoms with Crippen LogP contribution in [0.15, 0.2) is 58.7 Å². The largest absolute Gasteiger partial charge is 0.392 e. The van der Waals surface area contributed by atoms with Crippen LogP contribution in [0.2, 0.25) is 0 Å². The molecule has 35 heavy (non-hydrogen) atoms. The third-order valence-electron chi connectivity index (χ3n) is 6.03. The Morgan fingerprint density at radius 2 is 2.11 bits per heavy atom. The summed E-state index contributed by atoms with van der Waals surface area (Å²) in [5, 5.41) is 17.5. The van der Waals surface area contributed by atoms with Gasteiger partial charge < -0.3 is 20.2 Å². The quantitative estimate of drug-likeness (QED) is 0.382. The van der Waals surface area contributed by atoms with Crippen molar-refractivity contribution in [2.45, 2.75) is 13.2 Å². The van der Waals surface area contributed by atoms with Gasteiger partial charge in [0.05, 0.1) is 25.4 Å². The van der Waals surface area contributed by atoms with Gasteiger partial charge in [0.2, 0.25) is 11.9 Å². The molecule has 180 valence electrons. The van der Waals surface area contributed by atoms with E-state index in [4.69, 9.17) is 0 Å². The number of hydrogen-bond acceptors (Lipinski definition) is 8. The average molecular weight is 492 g/mol. The highest BCUT2D eigenvalue weighted by Gasteiger charge is 2.23. The number of allylic oxidation sites excluding steroid dienone is 1. The molecule has 1 aliphatic heterocycles. The molecular weight excluding hydrogens is 466 g/mol. The van der Waals surface area contributed by atoms with E-state index in [2.05, 4.69) is 21.9 Å². The molecule has 1 aromatic carbocycles. The number of anilines is 3. The first-order valence-electron chi connectivity index (χ1n) is 11.1. The number of aliphatic hydroxyl groups excluding tert-OH is 1. The molecule has 10 nitrogen and oxygen atoms in total. The zero-order chi connectivity index (χ0) is 24.5. The van der Waals surface area contributed by atoms with E-state index >= 15 is 0 Å². The predicted octanol–water partition coefficient (Wildman–Crippen LogP) is 2.34. The first-order chi connectivity index (χ1) is 17.0. The molecule has 1 amide bonds. The second-order valence-electron chi connectivity index (χ2n) is 8.26. The molecule has 11 heteroatoms. The second-order valence-corrected chi connectivity index (χ2v) is 9.04. The van der Waals surface area contributed by atoms with E-state index in [0.717, 1.165) is 11.4 Å². The molecule has 1 aliphatic rings. The predicted molar refractivity (Wildman–Crippen MR) is 137 cm³/mol. The number of rotatable bonds is 7. The molecule has 1 saturated heterocycles. The SMILES string of the molecule is C=CCn1c(=O)c2cnc(Nc3ccc(N4CCN(C)C(=O)C4)c(CO)c3)nc2n1-c1ccsc1. The molecule has 0 spiro atoms. The Bertz CT molecular complexity index is 1460. The summed E-state index contributed by atoms with van der Waals surface area (Å²) in [6, 6.07) is 7.49. The Hall–Kier alpha value is -3.96. The van der Waals surface area contributed by atoms with Crippen molar-refractivity contribution in [3.8, 4) is 5.69 Å². The molecule has 5 rings (SSSR count). The number of fused-ring (bicyclic) bond motifs is 1. The number of piperazine rings is 1. The third kappa shape index (κ3) is 4.19. The standard InChI is InChI=1S/C24H25N7O3S/c1-3-7-30-23(34)19-12-25-24(27-22(19)31(30)18-6-10-35-15-18)26-17-4-5-20(16(11-17)14-32)29-9-8-28(2)21(33)13-29/h3-6,10-12,15,32H,1,7-9,13-14H2,2H3,(H,25,26,27). The number of aliphatic hydroxyl groups is 1. The molecule has 0 bridgehead atoms. The number of hydrogen-bond donors (Lipinski definition) is 2. The van der Waals surface area contributed by atoms with Crippen LogP contribution in [-0.4, -0.2) is 61.9 Å². The van der Waals surface area contributed by atoms with Gasteiger partial charge in [-0.05, 0) is 29.6 Å². The fourth-order valence-electron chi connectivity index (χ4n) is 4.21. The van der Waals surface area contributed by atoms with Crippen molar-refractivity contribution in [3.05, 3.63) is 69.8 Å². The highest BCUT2D eigenvalue weighted by atomic mass is 32.1. The van der Waals surface area contributed by atoms with Crippen LogP contribution in [0.3, 0.4) is 0 Å². The Morgan fingerprint density at radius 3 is 2.83 bits per heavy atom. The molecule has 0 aliphatic carbocycles. The lowest BCUT2D eigenvalue weighted by Gasteiger charge is -2.34. The first kappa shape index (κ1) is 22.8. The lowest BCUT2D eigenvalue weighted by atomic mass is 10.1. The molecule has 4 heterocycles. The highest BCUT2D eigenvalue weighted by molar-refractivity contribution is 7.08. The number of amides is 1. The maximum absolute atomic E-state index is 13.0. The second kappa shape index (κ2) is 9.35. The summed E-state index contributed by atoms with van der Waals surface area (Å²) in [6.07, 6.45) is 3.19. The summed E-state index contributed by atoms with van der Waals surface area (Å²) in [4.78, 5) is 37.8. The number of thiophene rings is 1. The van der Waals surface area contributed by atoms with Gasteiger partial charge in [0.15, 0.2) is 5.65 Å². The van der Waals surface area contributed by atoms with Crippen molar-refractivity contribution >= 4 is 45.6 Å². The van der Waals surface area contributed by atoms with Crippen LogP contribution >= 0.6 is 11.3 Å². The number of carbonyl (C=O) groups is 1. The van der Waals surface area contributed by atoms with Crippen molar-refractivity contribution in [1.82, 2.24) is 24.2 Å². The fraction of sp³-hybridized carbons (Fsp3) is 0.250. The minimum Gasteiger partial charge on any atom is -0.392 e. The Balaban J connectivity index is 1.49. The summed E-state index contributed by atoms with van der Waals surface area (Å²) >= 11 is 1.53. The molecule has 0 unspecified atom stereocenters. The van der Waals surface area contributed by atoms with Gasteiger partial charge in [0, 0.05) is 48.7 Å². The molecule has 0 radical (unpaired) electrons. The Kier molecular flexibility index (Phi) is 6.10. The van der Waals surface area contributed by atoms with E-state index in [9.17, 15) is 14.7 Å². The van der Waals surface area contributed by atoms with Crippen LogP contribution in [0.5, 0.6) is 0 Å². The summed E-state index contributed by atoms with van der Waals surface area (Å²) < 4.78 is 3.35. The molecule has 1 fully saturated rings. The van der Waals surface area contributed by atoms with Crippen molar-refractivity contribution < 1.29 is 9.90 Å². The number of benzene rings is 1. The summed E-state index contributed by atoms with van der Waals surface area (Å²) in [6.45, 7) is 5.54. The molecule has 4 aromatic rings. The first-order valence-corrected chi connectivity index (χ1v) is 12.1. The van der Waals surface area contributed by atoms with Crippen LogP contribution in [-0.2, 0) is 17.9 Å². The van der Waals surface area contributed by atoms with Crippen molar-refractivity contribution in [2.75, 3.05) is 36.9 Å². The summed E-state index contributed by atoms with van der Waals surface area (Å²) in [5.41, 5.74) is 3.34. The van der Waals surface area contributed by atoms with Crippen LogP contribution in [0, 0.1) is 0 Å². The zero-order valence-corrected chi connectivity index (χ0v) is 20.0. The number of nitrogens with zero attached hydrogens (tertiary/aromatic N) is 6. The smallest absolute Gasteiger partial charge is 0.278 e. The molecular formula is C24H25N7O3S. The molecule has 0 saturated carbocycles. The lowest BCUT2D eigenvalue weighted by Crippen LogP contribution is -2.48. The van der Waals surface area contributed by atoms with Gasteiger partial charge in [0.25, 0.3) is 5.56 Å². The van der Waals surface area contributed by atoms with Crippen molar-refractivity contribution in [2.24, 2.45) is 0 Å². The monoisotopic (exact) mass is 491 g/mol. The average Bonchev–Trinajstić information content (AvgIpc) is 3.48. The maximum atomic E-state index is 13.0. The molecule has 0 atom stereocenters. The zero-order valence-electron chi connectivity index (χ0n) is 19.2. The minimum atomic E-state index is -0.189. The topological polar surface area (TPSA) is 109 Å². The minimum absolute atomic E-state index is 0.0455. The van der Waals surface area contributed by atoms with Gasteiger partial charge in [-0.25, -0.2) is 14.3 Å². The van der Waals surface area contributed by atoms with E-state index in [1.807, 2.05) is 39.9 Å². The van der Waals surface area contributed by atoms with E-state index in [1.54, 1.807) is 27.4 Å². The number of likely N-dealkylation sites (N-methyl/N-ethyl adjacent to an activating group) is 1. The van der Waals surface area contributed by atoms with E-state index in [0.29, 0.717) is 47.9 Å². The van der Waals surface area contributed by atoms with Crippen LogP contribution in [0.25, 0.3) is 16.7 Å². The Morgan fingerprint density at radius 1 is 1.26 bits per heavy atom. The van der Waals surface area contributed by atoms with Crippen LogP contribution < -0.4 is 15.8 Å². The van der Waals surface area contributed by atoms with Crippen molar-refractivity contribution in [3.63, 3.8) is 0 Å². The summed E-state index contributed by atoms with van der Waals surface area (Å²) in [7, 11) is 1.79. The molecule has 3 aromatic heterocycles. The maximum Gasteiger partial charge on any atom is 0.278 e. The van der Waals surface area contributed by atoms with E-state index < -0.39 is 0 Å². The van der Waals surface area contributed by atoms with E-state index in [1.165, 1.54) is 17.5 Å². The molecule has 2 N–H and O–H groups in total.